The van der Waals surface area contributed by atoms with Crippen LogP contribution in [0.4, 0.5) is 0 Å². The topological polar surface area (TPSA) is 74.6 Å². The fourth-order valence-electron chi connectivity index (χ4n) is 10.7. The molecule has 0 spiro atoms. The molecule has 0 saturated heterocycles. The molecule has 74 heavy (non-hydrogen) atoms. The van der Waals surface area contributed by atoms with E-state index in [1.54, 1.807) is 6.08 Å². The zero-order chi connectivity index (χ0) is 49.5. The highest BCUT2D eigenvalue weighted by atomic mass is 16.3. The number of benzene rings is 7. The number of rotatable bonds is 8. The van der Waals surface area contributed by atoms with Crippen LogP contribution in [-0.4, -0.2) is 29.1 Å². The Hall–Kier alpha value is -9.98. The lowest BCUT2D eigenvalue weighted by molar-refractivity contribution is 0.670. The molecule has 7 heteroatoms. The summed E-state index contributed by atoms with van der Waals surface area (Å²) in [4.78, 5) is 19.3. The molecule has 0 radical (unpaired) electrons. The first-order chi connectivity index (χ1) is 36.7. The summed E-state index contributed by atoms with van der Waals surface area (Å²) < 4.78 is 11.6. The molecule has 0 bridgehead atoms. The van der Waals surface area contributed by atoms with E-state index < -0.39 is 0 Å². The molecule has 7 nitrogen and oxygen atoms in total. The van der Waals surface area contributed by atoms with Crippen molar-refractivity contribution in [3.05, 3.63) is 256 Å². The summed E-state index contributed by atoms with van der Waals surface area (Å²) in [5.74, 6) is 0. The molecule has 7 heterocycles. The van der Waals surface area contributed by atoms with E-state index in [-0.39, 0.29) is 0 Å². The summed E-state index contributed by atoms with van der Waals surface area (Å²) in [6, 6.07) is 72.4. The first kappa shape index (κ1) is 44.0. The van der Waals surface area contributed by atoms with Crippen molar-refractivity contribution in [1.82, 2.24) is 29.1 Å². The Morgan fingerprint density at radius 3 is 1.53 bits per heavy atom. The van der Waals surface area contributed by atoms with Crippen LogP contribution in [0.2, 0.25) is 0 Å². The van der Waals surface area contributed by atoms with Gasteiger partial charge in [0.05, 0.1) is 50.2 Å². The van der Waals surface area contributed by atoms with E-state index in [1.807, 2.05) is 80.3 Å². The maximum absolute atomic E-state index is 6.90. The van der Waals surface area contributed by atoms with Gasteiger partial charge < -0.3 is 13.6 Å². The predicted molar refractivity (Wildman–Crippen MR) is 306 cm³/mol. The predicted octanol–water partition coefficient (Wildman–Crippen LogP) is 17.4. The number of para-hydroxylation sites is 2. The molecule has 14 rings (SSSR count). The number of allylic oxidation sites excluding steroid dienone is 3. The highest BCUT2D eigenvalue weighted by Gasteiger charge is 2.22. The zero-order valence-corrected chi connectivity index (χ0v) is 40.5. The summed E-state index contributed by atoms with van der Waals surface area (Å²) in [6.45, 7) is 5.42. The van der Waals surface area contributed by atoms with Gasteiger partial charge >= 0.3 is 0 Å². The number of nitrogens with zero attached hydrogens (tertiary/aromatic N) is 6. The van der Waals surface area contributed by atoms with Crippen molar-refractivity contribution in [2.45, 2.75) is 6.92 Å². The first-order valence-electron chi connectivity index (χ1n) is 24.8. The fourth-order valence-corrected chi connectivity index (χ4v) is 10.7. The molecular weight excluding hydrogens is 905 g/mol. The lowest BCUT2D eigenvalue weighted by Gasteiger charge is -2.14. The van der Waals surface area contributed by atoms with Gasteiger partial charge in [0.15, 0.2) is 0 Å². The number of furan rings is 1. The molecule has 0 amide bonds. The third-order valence-electron chi connectivity index (χ3n) is 13.9. The van der Waals surface area contributed by atoms with Crippen LogP contribution in [0.1, 0.15) is 6.92 Å². The third kappa shape index (κ3) is 7.45. The second-order valence-electron chi connectivity index (χ2n) is 18.1. The monoisotopic (exact) mass is 950 g/mol. The Kier molecular flexibility index (Phi) is 11.1. The Morgan fingerprint density at radius 1 is 0.405 bits per heavy atom. The molecule has 0 fully saturated rings. The largest absolute Gasteiger partial charge is 0.455 e. The Bertz CT molecular complexity index is 4470. The smallest absolute Gasteiger partial charge is 0.143 e. The molecule has 0 aliphatic rings. The van der Waals surface area contributed by atoms with Crippen molar-refractivity contribution in [2.24, 2.45) is 0 Å². The fraction of sp³-hybridized carbons (Fsp3) is 0.0149. The van der Waals surface area contributed by atoms with Crippen LogP contribution < -0.4 is 0 Å². The van der Waals surface area contributed by atoms with E-state index >= 15 is 0 Å². The van der Waals surface area contributed by atoms with Crippen LogP contribution in [0.3, 0.4) is 0 Å². The van der Waals surface area contributed by atoms with E-state index in [2.05, 4.69) is 191 Å². The number of aromatic nitrogens is 6. The molecule has 0 atom stereocenters. The minimum absolute atomic E-state index is 0.825. The van der Waals surface area contributed by atoms with Crippen molar-refractivity contribution in [3.63, 3.8) is 0 Å². The van der Waals surface area contributed by atoms with Crippen molar-refractivity contribution < 1.29 is 4.42 Å². The van der Waals surface area contributed by atoms with Crippen molar-refractivity contribution in [2.75, 3.05) is 0 Å². The first-order valence-corrected chi connectivity index (χ1v) is 24.8. The molecule has 0 aliphatic heterocycles. The van der Waals surface area contributed by atoms with Crippen LogP contribution in [0.25, 0.3) is 133 Å². The Balaban J connectivity index is 0.00000101. The standard InChI is InChI=1S/C62H38N6O.C5H8/c1-3-16-44(52-21-7-9-32-63-52)42(14-1)39-26-29-55-50(36-39)60-57(24-12-34-65-60)67(55)41-28-31-59-49(38-41)48-20-11-19-47(62(48)69-59)46-18-5-6-23-54(46)68-56-30-27-40(37-51(56)61-58(68)25-13-35-66-61)43-15-2-4-17-45(43)53-22-8-10-33-64-53;1-3-5-4-2/h1-38H;3-5H,1H2,2H3/b;5-4-. The summed E-state index contributed by atoms with van der Waals surface area (Å²) >= 11 is 0. The molecular formula is C67H46N6O. The van der Waals surface area contributed by atoms with Crippen LogP contribution in [0.15, 0.2) is 260 Å². The second-order valence-corrected chi connectivity index (χ2v) is 18.1. The van der Waals surface area contributed by atoms with Gasteiger partial charge in [-0.3, -0.25) is 19.9 Å². The van der Waals surface area contributed by atoms with Crippen LogP contribution in [0.5, 0.6) is 0 Å². The molecule has 0 saturated carbocycles. The lowest BCUT2D eigenvalue weighted by Crippen LogP contribution is -1.97. The maximum atomic E-state index is 6.90. The maximum Gasteiger partial charge on any atom is 0.143 e. The van der Waals surface area contributed by atoms with Gasteiger partial charge in [0.25, 0.3) is 0 Å². The third-order valence-corrected chi connectivity index (χ3v) is 13.9. The lowest BCUT2D eigenvalue weighted by atomic mass is 9.96. The molecule has 0 N–H and O–H groups in total. The molecule has 7 aromatic heterocycles. The molecule has 7 aromatic carbocycles. The van der Waals surface area contributed by atoms with Gasteiger partial charge in [-0.2, -0.15) is 0 Å². The van der Waals surface area contributed by atoms with Gasteiger partial charge in [0.2, 0.25) is 0 Å². The normalized spacial score (nSPS) is 11.6. The van der Waals surface area contributed by atoms with Crippen molar-refractivity contribution >= 4 is 65.8 Å². The van der Waals surface area contributed by atoms with Gasteiger partial charge in [0, 0.05) is 74.3 Å². The zero-order valence-electron chi connectivity index (χ0n) is 40.5. The van der Waals surface area contributed by atoms with Crippen molar-refractivity contribution in [3.8, 4) is 67.3 Å². The highest BCUT2D eigenvalue weighted by Crippen LogP contribution is 2.43. The quantitative estimate of drug-likeness (QED) is 0.142. The summed E-state index contributed by atoms with van der Waals surface area (Å²) in [7, 11) is 0. The average Bonchev–Trinajstić information content (AvgIpc) is 4.16. The Labute approximate surface area is 427 Å². The Morgan fingerprint density at radius 2 is 0.946 bits per heavy atom. The summed E-state index contributed by atoms with van der Waals surface area (Å²) in [5, 5.41) is 4.25. The van der Waals surface area contributed by atoms with Gasteiger partial charge in [-0.1, -0.05) is 134 Å². The number of fused-ring (bicyclic) bond motifs is 9. The van der Waals surface area contributed by atoms with Crippen LogP contribution in [-0.2, 0) is 0 Å². The molecule has 14 aromatic rings. The minimum atomic E-state index is 0.825. The summed E-state index contributed by atoms with van der Waals surface area (Å²) in [5.41, 5.74) is 20.5. The van der Waals surface area contributed by atoms with Crippen LogP contribution in [0, 0.1) is 0 Å². The number of pyridine rings is 4. The second kappa shape index (κ2) is 18.6. The van der Waals surface area contributed by atoms with E-state index in [1.165, 1.54) is 0 Å². The number of hydrogen-bond acceptors (Lipinski definition) is 5. The van der Waals surface area contributed by atoms with E-state index in [9.17, 15) is 0 Å². The van der Waals surface area contributed by atoms with E-state index in [4.69, 9.17) is 19.4 Å². The average molecular weight is 951 g/mol. The van der Waals surface area contributed by atoms with E-state index in [0.29, 0.717) is 0 Å². The minimum Gasteiger partial charge on any atom is -0.455 e. The van der Waals surface area contributed by atoms with Gasteiger partial charge in [0.1, 0.15) is 11.2 Å². The van der Waals surface area contributed by atoms with Gasteiger partial charge in [-0.15, -0.1) is 0 Å². The highest BCUT2D eigenvalue weighted by molar-refractivity contribution is 6.14. The molecule has 350 valence electrons. The van der Waals surface area contributed by atoms with Gasteiger partial charge in [-0.05, 0) is 126 Å². The van der Waals surface area contributed by atoms with Crippen molar-refractivity contribution in [1.29, 1.82) is 0 Å². The number of hydrogen-bond donors (Lipinski definition) is 0. The molecule has 0 aliphatic carbocycles. The van der Waals surface area contributed by atoms with E-state index in [0.717, 1.165) is 133 Å². The van der Waals surface area contributed by atoms with Crippen LogP contribution >= 0.6 is 0 Å². The summed E-state index contributed by atoms with van der Waals surface area (Å²) in [6.07, 6.45) is 13.0. The SMILES string of the molecule is C=C/C=C\C.c1ccc(-c2ccccc2-c2ccc3c(c2)c2ncccc2n3-c2ccc3oc4c(-c5ccccc5-n5c6ccc(-c7ccccc7-c7ccccn7)cc6c6ncccc65)cccc4c3c2)nc1. The molecule has 0 unspecified atom stereocenters. The van der Waals surface area contributed by atoms with Gasteiger partial charge in [-0.25, -0.2) is 0 Å².